The summed E-state index contributed by atoms with van der Waals surface area (Å²) >= 11 is 1.59. The molecule has 0 aromatic heterocycles. The van der Waals surface area contributed by atoms with Gasteiger partial charge in [-0.15, -0.1) is 0 Å². The molecule has 1 aliphatic heterocycles. The standard InChI is InChI=1S/C14H17F3N2S/c15-14(16,17)7-4-8-18-13-19-12(10-20-13)9-11-5-2-1-3-6-11/h1-3,5-6,12H,4,7-10H2,(H,18,19). The molecule has 6 heteroatoms. The minimum Gasteiger partial charge on any atom is -0.361 e. The van der Waals surface area contributed by atoms with Crippen molar-refractivity contribution in [2.24, 2.45) is 4.99 Å². The van der Waals surface area contributed by atoms with Crippen LogP contribution in [0.2, 0.25) is 0 Å². The van der Waals surface area contributed by atoms with Crippen molar-refractivity contribution >= 4 is 16.9 Å². The molecule has 0 saturated carbocycles. The van der Waals surface area contributed by atoms with Crippen LogP contribution in [0.3, 0.4) is 0 Å². The Bertz CT molecular complexity index is 445. The number of nitrogens with zero attached hydrogens (tertiary/aromatic N) is 1. The summed E-state index contributed by atoms with van der Waals surface area (Å²) in [7, 11) is 0. The quantitative estimate of drug-likeness (QED) is 0.840. The van der Waals surface area contributed by atoms with Crippen LogP contribution in [0.1, 0.15) is 18.4 Å². The zero-order chi connectivity index (χ0) is 14.4. The van der Waals surface area contributed by atoms with E-state index in [9.17, 15) is 13.2 Å². The Kier molecular flexibility index (Phi) is 5.34. The van der Waals surface area contributed by atoms with Crippen molar-refractivity contribution in [3.63, 3.8) is 0 Å². The minimum atomic E-state index is -4.08. The van der Waals surface area contributed by atoms with E-state index >= 15 is 0 Å². The van der Waals surface area contributed by atoms with Gasteiger partial charge in [-0.3, -0.25) is 4.99 Å². The van der Waals surface area contributed by atoms with Crippen LogP contribution in [-0.2, 0) is 6.42 Å². The summed E-state index contributed by atoms with van der Waals surface area (Å²) in [6, 6.07) is 10.4. The van der Waals surface area contributed by atoms with Gasteiger partial charge in [0, 0.05) is 24.8 Å². The van der Waals surface area contributed by atoms with Crippen molar-refractivity contribution in [2.45, 2.75) is 31.5 Å². The Labute approximate surface area is 120 Å². The number of thioether (sulfide) groups is 1. The van der Waals surface area contributed by atoms with Crippen LogP contribution >= 0.6 is 11.8 Å². The first-order valence-electron chi connectivity index (χ1n) is 6.57. The maximum atomic E-state index is 12.0. The molecular formula is C14H17F3N2S. The molecule has 0 spiro atoms. The number of alkyl halides is 3. The van der Waals surface area contributed by atoms with Crippen molar-refractivity contribution in [1.29, 1.82) is 0 Å². The van der Waals surface area contributed by atoms with Gasteiger partial charge in [-0.1, -0.05) is 42.1 Å². The van der Waals surface area contributed by atoms with E-state index in [4.69, 9.17) is 0 Å². The Hall–Kier alpha value is -1.17. The van der Waals surface area contributed by atoms with Crippen LogP contribution in [0.15, 0.2) is 35.3 Å². The van der Waals surface area contributed by atoms with E-state index in [0.717, 1.165) is 17.3 Å². The van der Waals surface area contributed by atoms with Crippen LogP contribution < -0.4 is 5.32 Å². The lowest BCUT2D eigenvalue weighted by molar-refractivity contribution is -0.134. The predicted molar refractivity (Wildman–Crippen MR) is 77.1 cm³/mol. The molecule has 110 valence electrons. The molecule has 1 unspecified atom stereocenters. The average Bonchev–Trinajstić information content (AvgIpc) is 2.82. The molecule has 20 heavy (non-hydrogen) atoms. The third-order valence-corrected chi connectivity index (χ3v) is 4.04. The lowest BCUT2D eigenvalue weighted by atomic mass is 10.1. The van der Waals surface area contributed by atoms with Gasteiger partial charge in [-0.2, -0.15) is 13.2 Å². The number of hydrogen-bond donors (Lipinski definition) is 1. The van der Waals surface area contributed by atoms with E-state index in [1.807, 2.05) is 18.2 Å². The number of nitrogens with one attached hydrogen (secondary N) is 1. The lowest BCUT2D eigenvalue weighted by Gasteiger charge is -2.09. The second-order valence-electron chi connectivity index (χ2n) is 4.75. The predicted octanol–water partition coefficient (Wildman–Crippen LogP) is 3.63. The summed E-state index contributed by atoms with van der Waals surface area (Å²) in [5.74, 6) is 0.910. The van der Waals surface area contributed by atoms with Crippen LogP contribution in [0.5, 0.6) is 0 Å². The average molecular weight is 302 g/mol. The fraction of sp³-hybridized carbons (Fsp3) is 0.500. The topological polar surface area (TPSA) is 24.4 Å². The first kappa shape index (κ1) is 15.2. The van der Waals surface area contributed by atoms with Gasteiger partial charge >= 0.3 is 6.18 Å². The first-order chi connectivity index (χ1) is 9.53. The molecule has 1 fully saturated rings. The van der Waals surface area contributed by atoms with Crippen molar-refractivity contribution in [3.8, 4) is 0 Å². The number of halogens is 3. The number of aliphatic imine (C=N–C) groups is 1. The molecule has 1 saturated heterocycles. The number of hydrogen-bond acceptors (Lipinski definition) is 2. The Morgan fingerprint density at radius 2 is 2.00 bits per heavy atom. The Morgan fingerprint density at radius 1 is 1.25 bits per heavy atom. The molecule has 1 aromatic carbocycles. The van der Waals surface area contributed by atoms with E-state index < -0.39 is 12.6 Å². The number of benzene rings is 1. The van der Waals surface area contributed by atoms with E-state index in [1.165, 1.54) is 5.56 Å². The second kappa shape index (κ2) is 7.02. The molecule has 1 heterocycles. The van der Waals surface area contributed by atoms with Gasteiger partial charge < -0.3 is 5.32 Å². The zero-order valence-electron chi connectivity index (χ0n) is 11.0. The highest BCUT2D eigenvalue weighted by Crippen LogP contribution is 2.22. The lowest BCUT2D eigenvalue weighted by Crippen LogP contribution is -2.29. The van der Waals surface area contributed by atoms with Crippen molar-refractivity contribution < 1.29 is 13.2 Å². The summed E-state index contributed by atoms with van der Waals surface area (Å²) in [5, 5.41) is 4.04. The fourth-order valence-corrected chi connectivity index (χ4v) is 2.99. The van der Waals surface area contributed by atoms with Crippen LogP contribution in [0.4, 0.5) is 13.2 Å². The van der Waals surface area contributed by atoms with Gasteiger partial charge in [0.1, 0.15) is 0 Å². The Morgan fingerprint density at radius 3 is 2.70 bits per heavy atom. The maximum Gasteiger partial charge on any atom is 0.389 e. The molecule has 0 aliphatic carbocycles. The highest BCUT2D eigenvalue weighted by atomic mass is 32.2. The SMILES string of the molecule is FC(F)(F)CCCN=C1NC(Cc2ccccc2)CS1. The maximum absolute atomic E-state index is 12.0. The number of rotatable bonds is 5. The van der Waals surface area contributed by atoms with Crippen LogP contribution in [-0.4, -0.2) is 29.7 Å². The summed E-state index contributed by atoms with van der Waals surface area (Å²) in [4.78, 5) is 4.19. The van der Waals surface area contributed by atoms with Gasteiger partial charge in [0.15, 0.2) is 5.17 Å². The summed E-state index contributed by atoms with van der Waals surface area (Å²) in [6.45, 7) is 0.229. The largest absolute Gasteiger partial charge is 0.389 e. The molecule has 1 N–H and O–H groups in total. The van der Waals surface area contributed by atoms with E-state index in [-0.39, 0.29) is 13.0 Å². The second-order valence-corrected chi connectivity index (χ2v) is 5.76. The molecule has 1 atom stereocenters. The van der Waals surface area contributed by atoms with Gasteiger partial charge in [0.05, 0.1) is 0 Å². The molecule has 2 rings (SSSR count). The monoisotopic (exact) mass is 302 g/mol. The summed E-state index contributed by atoms with van der Waals surface area (Å²) in [6.07, 6.45) is -3.87. The molecule has 0 bridgehead atoms. The molecule has 1 aromatic rings. The zero-order valence-corrected chi connectivity index (χ0v) is 11.8. The smallest absolute Gasteiger partial charge is 0.361 e. The van der Waals surface area contributed by atoms with Crippen molar-refractivity contribution in [3.05, 3.63) is 35.9 Å². The van der Waals surface area contributed by atoms with Gasteiger partial charge in [0.25, 0.3) is 0 Å². The molecular weight excluding hydrogens is 285 g/mol. The highest BCUT2D eigenvalue weighted by molar-refractivity contribution is 8.14. The van der Waals surface area contributed by atoms with Gasteiger partial charge in [-0.25, -0.2) is 0 Å². The third kappa shape index (κ3) is 5.45. The van der Waals surface area contributed by atoms with Crippen LogP contribution in [0, 0.1) is 0 Å². The minimum absolute atomic E-state index is 0.0542. The molecule has 1 aliphatic rings. The number of amidine groups is 1. The van der Waals surface area contributed by atoms with Crippen molar-refractivity contribution in [2.75, 3.05) is 12.3 Å². The molecule has 2 nitrogen and oxygen atoms in total. The van der Waals surface area contributed by atoms with Crippen molar-refractivity contribution in [1.82, 2.24) is 5.32 Å². The van der Waals surface area contributed by atoms with Gasteiger partial charge in [0.2, 0.25) is 0 Å². The fourth-order valence-electron chi connectivity index (χ4n) is 2.00. The highest BCUT2D eigenvalue weighted by Gasteiger charge is 2.26. The van der Waals surface area contributed by atoms with Crippen LogP contribution in [0.25, 0.3) is 0 Å². The van der Waals surface area contributed by atoms with E-state index in [0.29, 0.717) is 6.04 Å². The van der Waals surface area contributed by atoms with E-state index in [1.54, 1.807) is 11.8 Å². The van der Waals surface area contributed by atoms with E-state index in [2.05, 4.69) is 22.4 Å². The summed E-state index contributed by atoms with van der Waals surface area (Å²) in [5.41, 5.74) is 1.25. The molecule has 0 amide bonds. The first-order valence-corrected chi connectivity index (χ1v) is 7.56. The normalized spacial score (nSPS) is 21.1. The summed E-state index contributed by atoms with van der Waals surface area (Å²) < 4.78 is 36.0. The third-order valence-electron chi connectivity index (χ3n) is 2.95. The Balaban J connectivity index is 1.72. The van der Waals surface area contributed by atoms with Gasteiger partial charge in [-0.05, 0) is 18.4 Å². The molecule has 0 radical (unpaired) electrons.